The molecule has 3 nitrogen and oxygen atoms in total. The highest BCUT2D eigenvalue weighted by Gasteiger charge is 2.29. The second-order valence-corrected chi connectivity index (χ2v) is 5.03. The van der Waals surface area contributed by atoms with E-state index in [2.05, 4.69) is 11.4 Å². The van der Waals surface area contributed by atoms with E-state index >= 15 is 0 Å². The Morgan fingerprint density at radius 3 is 3.17 bits per heavy atom. The summed E-state index contributed by atoms with van der Waals surface area (Å²) in [6.07, 6.45) is 1.26. The average Bonchev–Trinajstić information content (AvgIpc) is 2.83. The average molecular weight is 270 g/mol. The fraction of sp³-hybridized carbons (Fsp3) is 0.571. The fourth-order valence-electron chi connectivity index (χ4n) is 2.36. The molecule has 1 aliphatic heterocycles. The lowest BCUT2D eigenvalue weighted by molar-refractivity contribution is 0.0899. The monoisotopic (exact) mass is 269 g/mol. The Morgan fingerprint density at radius 1 is 1.50 bits per heavy atom. The number of halogens is 1. The van der Waals surface area contributed by atoms with Crippen molar-refractivity contribution in [3.8, 4) is 0 Å². The summed E-state index contributed by atoms with van der Waals surface area (Å²) in [6, 6.07) is 7.96. The third-order valence-corrected chi connectivity index (χ3v) is 3.52. The van der Waals surface area contributed by atoms with Crippen LogP contribution in [0.2, 0.25) is 5.02 Å². The number of hydrogen-bond donors (Lipinski definition) is 1. The molecule has 2 atom stereocenters. The summed E-state index contributed by atoms with van der Waals surface area (Å²) in [6.45, 7) is 3.42. The summed E-state index contributed by atoms with van der Waals surface area (Å²) in [4.78, 5) is 0. The molecule has 1 aromatic rings. The van der Waals surface area contributed by atoms with Crippen LogP contribution < -0.4 is 5.32 Å². The van der Waals surface area contributed by atoms with Gasteiger partial charge in [0.15, 0.2) is 0 Å². The summed E-state index contributed by atoms with van der Waals surface area (Å²) in [5.41, 5.74) is 1.18. The first-order valence-corrected chi connectivity index (χ1v) is 6.76. The minimum atomic E-state index is 0.166. The standard InChI is InChI=1S/C14H20ClNO2/c1-17-8-6-16-10-12-5-7-18-14(12)11-3-2-4-13(15)9-11/h2-4,9,12,14,16H,5-8,10H2,1H3. The maximum Gasteiger partial charge on any atom is 0.0866 e. The van der Waals surface area contributed by atoms with Crippen molar-refractivity contribution < 1.29 is 9.47 Å². The Hall–Kier alpha value is -0.610. The van der Waals surface area contributed by atoms with Crippen molar-refractivity contribution in [1.29, 1.82) is 0 Å². The van der Waals surface area contributed by atoms with Gasteiger partial charge in [0.05, 0.1) is 12.7 Å². The van der Waals surface area contributed by atoms with E-state index in [-0.39, 0.29) is 6.10 Å². The molecule has 1 aromatic carbocycles. The summed E-state index contributed by atoms with van der Waals surface area (Å²) < 4.78 is 10.9. The highest BCUT2D eigenvalue weighted by atomic mass is 35.5. The zero-order valence-corrected chi connectivity index (χ0v) is 11.5. The number of methoxy groups -OCH3 is 1. The normalized spacial score (nSPS) is 23.4. The smallest absolute Gasteiger partial charge is 0.0866 e. The first kappa shape index (κ1) is 13.8. The zero-order chi connectivity index (χ0) is 12.8. The van der Waals surface area contributed by atoms with Crippen LogP contribution in [0.15, 0.2) is 24.3 Å². The number of rotatable bonds is 6. The zero-order valence-electron chi connectivity index (χ0n) is 10.7. The van der Waals surface area contributed by atoms with E-state index in [9.17, 15) is 0 Å². The highest BCUT2D eigenvalue weighted by molar-refractivity contribution is 6.30. The molecule has 0 amide bonds. The molecule has 1 aliphatic rings. The maximum atomic E-state index is 6.03. The van der Waals surface area contributed by atoms with Crippen molar-refractivity contribution in [2.45, 2.75) is 12.5 Å². The van der Waals surface area contributed by atoms with E-state index in [1.807, 2.05) is 18.2 Å². The van der Waals surface area contributed by atoms with Crippen molar-refractivity contribution in [3.05, 3.63) is 34.9 Å². The van der Waals surface area contributed by atoms with Gasteiger partial charge in [-0.2, -0.15) is 0 Å². The van der Waals surface area contributed by atoms with Gasteiger partial charge in [0.25, 0.3) is 0 Å². The highest BCUT2D eigenvalue weighted by Crippen LogP contribution is 2.34. The van der Waals surface area contributed by atoms with Gasteiger partial charge >= 0.3 is 0 Å². The third-order valence-electron chi connectivity index (χ3n) is 3.28. The van der Waals surface area contributed by atoms with Crippen LogP contribution in [0, 0.1) is 5.92 Å². The molecule has 1 heterocycles. The lowest BCUT2D eigenvalue weighted by Crippen LogP contribution is -2.27. The molecule has 0 saturated carbocycles. The molecule has 0 aliphatic carbocycles. The minimum absolute atomic E-state index is 0.166. The summed E-state index contributed by atoms with van der Waals surface area (Å²) >= 11 is 6.03. The Balaban J connectivity index is 1.91. The molecule has 2 rings (SSSR count). The number of ether oxygens (including phenoxy) is 2. The van der Waals surface area contributed by atoms with E-state index in [1.54, 1.807) is 7.11 Å². The molecule has 0 radical (unpaired) electrons. The van der Waals surface area contributed by atoms with Crippen LogP contribution in [0.1, 0.15) is 18.1 Å². The van der Waals surface area contributed by atoms with E-state index in [0.717, 1.165) is 37.7 Å². The molecule has 2 unspecified atom stereocenters. The van der Waals surface area contributed by atoms with Gasteiger partial charge < -0.3 is 14.8 Å². The molecule has 0 spiro atoms. The summed E-state index contributed by atoms with van der Waals surface area (Å²) in [7, 11) is 1.72. The van der Waals surface area contributed by atoms with Crippen molar-refractivity contribution >= 4 is 11.6 Å². The minimum Gasteiger partial charge on any atom is -0.383 e. The number of benzene rings is 1. The predicted octanol–water partition coefficient (Wildman–Crippen LogP) is 2.65. The van der Waals surface area contributed by atoms with Crippen LogP contribution in [0.4, 0.5) is 0 Å². The molecule has 4 heteroatoms. The van der Waals surface area contributed by atoms with Crippen LogP contribution in [0.3, 0.4) is 0 Å². The van der Waals surface area contributed by atoms with E-state index in [4.69, 9.17) is 21.1 Å². The molecule has 1 N–H and O–H groups in total. The van der Waals surface area contributed by atoms with Gasteiger partial charge in [-0.3, -0.25) is 0 Å². The lowest BCUT2D eigenvalue weighted by atomic mass is 9.95. The SMILES string of the molecule is COCCNCC1CCOC1c1cccc(Cl)c1. The Morgan fingerprint density at radius 2 is 2.39 bits per heavy atom. The number of hydrogen-bond acceptors (Lipinski definition) is 3. The van der Waals surface area contributed by atoms with Crippen molar-refractivity contribution in [3.63, 3.8) is 0 Å². The van der Waals surface area contributed by atoms with Crippen LogP contribution >= 0.6 is 11.6 Å². The van der Waals surface area contributed by atoms with E-state index in [0.29, 0.717) is 5.92 Å². The van der Waals surface area contributed by atoms with Crippen molar-refractivity contribution in [1.82, 2.24) is 5.32 Å². The molecule has 1 saturated heterocycles. The molecule has 0 aromatic heterocycles. The molecule has 0 bridgehead atoms. The fourth-order valence-corrected chi connectivity index (χ4v) is 2.56. The van der Waals surface area contributed by atoms with Gasteiger partial charge in [0, 0.05) is 37.7 Å². The van der Waals surface area contributed by atoms with Gasteiger partial charge in [-0.25, -0.2) is 0 Å². The lowest BCUT2D eigenvalue weighted by Gasteiger charge is -2.19. The van der Waals surface area contributed by atoms with Crippen LogP contribution in [-0.4, -0.2) is 33.4 Å². The van der Waals surface area contributed by atoms with E-state index in [1.165, 1.54) is 5.56 Å². The van der Waals surface area contributed by atoms with Gasteiger partial charge in [-0.1, -0.05) is 23.7 Å². The molecule has 100 valence electrons. The molecular formula is C14H20ClNO2. The Labute approximate surface area is 113 Å². The molecule has 1 fully saturated rings. The summed E-state index contributed by atoms with van der Waals surface area (Å²) in [5.74, 6) is 0.514. The topological polar surface area (TPSA) is 30.5 Å². The van der Waals surface area contributed by atoms with E-state index < -0.39 is 0 Å². The second-order valence-electron chi connectivity index (χ2n) is 4.59. The van der Waals surface area contributed by atoms with Crippen LogP contribution in [0.25, 0.3) is 0 Å². The van der Waals surface area contributed by atoms with Gasteiger partial charge in [0.2, 0.25) is 0 Å². The second kappa shape index (κ2) is 7.10. The quantitative estimate of drug-likeness (QED) is 0.806. The van der Waals surface area contributed by atoms with Gasteiger partial charge in [-0.05, 0) is 24.1 Å². The Bertz CT molecular complexity index is 373. The Kier molecular flexibility index (Phi) is 5.45. The van der Waals surface area contributed by atoms with Gasteiger partial charge in [-0.15, -0.1) is 0 Å². The first-order valence-electron chi connectivity index (χ1n) is 6.38. The molecular weight excluding hydrogens is 250 g/mol. The van der Waals surface area contributed by atoms with Crippen molar-refractivity contribution in [2.24, 2.45) is 5.92 Å². The first-order chi connectivity index (χ1) is 8.81. The van der Waals surface area contributed by atoms with Gasteiger partial charge in [0.1, 0.15) is 0 Å². The third kappa shape index (κ3) is 3.69. The van der Waals surface area contributed by atoms with Crippen LogP contribution in [-0.2, 0) is 9.47 Å². The molecule has 18 heavy (non-hydrogen) atoms. The predicted molar refractivity (Wildman–Crippen MR) is 73.0 cm³/mol. The summed E-state index contributed by atoms with van der Waals surface area (Å²) in [5, 5.41) is 4.18. The van der Waals surface area contributed by atoms with Crippen molar-refractivity contribution in [2.75, 3.05) is 33.4 Å². The largest absolute Gasteiger partial charge is 0.383 e. The number of nitrogens with one attached hydrogen (secondary N) is 1. The van der Waals surface area contributed by atoms with Crippen LogP contribution in [0.5, 0.6) is 0 Å². The maximum absolute atomic E-state index is 6.03.